The molecule has 6 heterocycles. The van der Waals surface area contributed by atoms with Gasteiger partial charge >= 0.3 is 0 Å². The molecule has 282 valence electrons. The zero-order valence-corrected chi connectivity index (χ0v) is 29.5. The third-order valence-corrected chi connectivity index (χ3v) is 8.07. The normalized spacial score (nSPS) is 27.7. The van der Waals surface area contributed by atoms with Gasteiger partial charge in [0.2, 0.25) is 0 Å². The van der Waals surface area contributed by atoms with E-state index in [0.717, 1.165) is 116 Å². The number of carboxylic acid groups (broad SMARTS) is 6. The molecule has 18 nitrogen and oxygen atoms in total. The molecule has 6 fully saturated rings. The molecule has 6 aliphatic heterocycles. The van der Waals surface area contributed by atoms with E-state index in [1.165, 1.54) is 0 Å². The van der Waals surface area contributed by atoms with E-state index in [9.17, 15) is 59.4 Å². The molecule has 0 aromatic carbocycles. The van der Waals surface area contributed by atoms with E-state index in [0.29, 0.717) is 0 Å². The van der Waals surface area contributed by atoms with E-state index in [1.54, 1.807) is 0 Å². The fraction of sp³-hybridized carbons (Fsp3) is 0.800. The average Bonchev–Trinajstić information content (AvgIpc) is 3.91. The van der Waals surface area contributed by atoms with Gasteiger partial charge in [0.1, 0.15) is 0 Å². The molecule has 0 unspecified atom stereocenters. The number of aliphatic carboxylic acids is 6. The predicted molar refractivity (Wildman–Crippen MR) is 156 cm³/mol. The fourth-order valence-corrected chi connectivity index (χ4v) is 5.31. The molecule has 0 aliphatic carbocycles. The van der Waals surface area contributed by atoms with Crippen LogP contribution in [-0.2, 0) is 49.8 Å². The Kier molecular flexibility index (Phi) is 25.5. The summed E-state index contributed by atoms with van der Waals surface area (Å²) in [5.74, 6) is -5.82. The molecule has 0 amide bonds. The van der Waals surface area contributed by atoms with E-state index in [4.69, 9.17) is 0 Å². The Hall–Kier alpha value is -2.73. The molecule has 0 bridgehead atoms. The van der Waals surface area contributed by atoms with Crippen molar-refractivity contribution in [2.45, 2.75) is 113 Å². The summed E-state index contributed by atoms with van der Waals surface area (Å²) >= 11 is 0. The van der Waals surface area contributed by atoms with Gasteiger partial charge in [-0.05, 0) is 116 Å². The third-order valence-electron chi connectivity index (χ3n) is 8.07. The molecule has 0 spiro atoms. The van der Waals surface area contributed by atoms with Crippen LogP contribution in [0.25, 0.3) is 0 Å². The van der Waals surface area contributed by atoms with Crippen LogP contribution in [0, 0.1) is 0 Å². The Labute approximate surface area is 300 Å². The van der Waals surface area contributed by atoms with E-state index < -0.39 is 35.8 Å². The number of carboxylic acids is 6. The SMILES string of the molecule is O=C([O-])[C@@H]1CCCN1.O=C([O-])[C@@H]1CCCN1.O=C([O-])[C@@H]1CCCN1.O=C([O-])[C@@H]1CCCN1.O=C([O-])[C@@H]1CCCN1.O=C([O-])[C@@H]1CCCN1.[Mo]. The Balaban J connectivity index is 0.000000562. The summed E-state index contributed by atoms with van der Waals surface area (Å²) in [6.45, 7) is 4.91. The van der Waals surface area contributed by atoms with Crippen LogP contribution in [0.1, 0.15) is 77.0 Å². The maximum absolute atomic E-state index is 10.0. The molecule has 6 rings (SSSR count). The Bertz CT molecular complexity index is 788. The summed E-state index contributed by atoms with van der Waals surface area (Å²) in [4.78, 5) is 60.2. The first-order valence-electron chi connectivity index (χ1n) is 16.5. The van der Waals surface area contributed by atoms with Crippen LogP contribution in [0.4, 0.5) is 0 Å². The van der Waals surface area contributed by atoms with Gasteiger partial charge in [0, 0.05) is 57.3 Å². The molecule has 6 N–H and O–H groups in total. The van der Waals surface area contributed by atoms with Crippen LogP contribution in [0.2, 0.25) is 0 Å². The van der Waals surface area contributed by atoms with Crippen molar-refractivity contribution in [3.8, 4) is 0 Å². The van der Waals surface area contributed by atoms with Gasteiger partial charge in [-0.2, -0.15) is 0 Å². The van der Waals surface area contributed by atoms with Gasteiger partial charge in [0.15, 0.2) is 0 Å². The number of hydrogen-bond acceptors (Lipinski definition) is 18. The van der Waals surface area contributed by atoms with Crippen LogP contribution in [0.15, 0.2) is 0 Å². The number of nitrogens with one attached hydrogen (secondary N) is 6. The van der Waals surface area contributed by atoms with Gasteiger partial charge in [-0.3, -0.25) is 0 Å². The average molecular weight is 781 g/mol. The largest absolute Gasteiger partial charge is 0.548 e. The molecule has 0 aromatic rings. The molecule has 0 radical (unpaired) electrons. The molecular weight excluding hydrogens is 732 g/mol. The van der Waals surface area contributed by atoms with Crippen molar-refractivity contribution in [3.05, 3.63) is 0 Å². The number of carbonyl (C=O) groups is 6. The Morgan fingerprint density at radius 2 is 0.429 bits per heavy atom. The molecule has 0 saturated carbocycles. The predicted octanol–water partition coefficient (Wildman–Crippen LogP) is -9.07. The van der Waals surface area contributed by atoms with Crippen molar-refractivity contribution in [1.29, 1.82) is 0 Å². The first-order chi connectivity index (χ1) is 22.8. The summed E-state index contributed by atoms with van der Waals surface area (Å²) in [6, 6.07) is -2.28. The van der Waals surface area contributed by atoms with Crippen molar-refractivity contribution in [2.24, 2.45) is 0 Å². The van der Waals surface area contributed by atoms with Gasteiger partial charge in [-0.25, -0.2) is 0 Å². The summed E-state index contributed by atoms with van der Waals surface area (Å²) in [7, 11) is 0. The summed E-state index contributed by atoms with van der Waals surface area (Å²) in [5, 5.41) is 76.9. The van der Waals surface area contributed by atoms with E-state index in [1.807, 2.05) is 0 Å². The van der Waals surface area contributed by atoms with Crippen LogP contribution in [0.5, 0.6) is 0 Å². The second-order valence-electron chi connectivity index (χ2n) is 11.8. The number of hydrogen-bond donors (Lipinski definition) is 6. The molecule has 6 saturated heterocycles. The number of carbonyl (C=O) groups excluding carboxylic acids is 6. The molecular formula is C30H48MoN6O12-6. The van der Waals surface area contributed by atoms with Crippen LogP contribution >= 0.6 is 0 Å². The van der Waals surface area contributed by atoms with Gasteiger partial charge in [0.25, 0.3) is 0 Å². The molecule has 0 aromatic heterocycles. The van der Waals surface area contributed by atoms with Crippen LogP contribution < -0.4 is 62.5 Å². The quantitative estimate of drug-likeness (QED) is 0.136. The second kappa shape index (κ2) is 27.0. The first kappa shape index (κ1) is 46.3. The van der Waals surface area contributed by atoms with Crippen LogP contribution in [0.3, 0.4) is 0 Å². The smallest absolute Gasteiger partial charge is 0.0584 e. The molecule has 19 heteroatoms. The van der Waals surface area contributed by atoms with Crippen molar-refractivity contribution in [1.82, 2.24) is 31.9 Å². The summed E-state index contributed by atoms with van der Waals surface area (Å²) in [6.07, 6.45) is 10.1. The minimum atomic E-state index is -0.970. The first-order valence-corrected chi connectivity index (χ1v) is 16.5. The van der Waals surface area contributed by atoms with E-state index in [2.05, 4.69) is 31.9 Å². The van der Waals surface area contributed by atoms with Crippen molar-refractivity contribution >= 4 is 35.8 Å². The summed E-state index contributed by atoms with van der Waals surface area (Å²) in [5.41, 5.74) is 0. The van der Waals surface area contributed by atoms with E-state index in [-0.39, 0.29) is 57.3 Å². The molecule has 49 heavy (non-hydrogen) atoms. The van der Waals surface area contributed by atoms with Gasteiger partial charge in [0.05, 0.1) is 35.8 Å². The second-order valence-corrected chi connectivity index (χ2v) is 11.8. The third kappa shape index (κ3) is 21.2. The minimum absolute atomic E-state index is 0. The molecule has 6 atom stereocenters. The topological polar surface area (TPSA) is 313 Å². The van der Waals surface area contributed by atoms with Crippen molar-refractivity contribution in [2.75, 3.05) is 39.3 Å². The summed E-state index contributed by atoms with van der Waals surface area (Å²) < 4.78 is 0. The molecule has 6 aliphatic rings. The Morgan fingerprint density at radius 1 is 0.306 bits per heavy atom. The van der Waals surface area contributed by atoms with Crippen molar-refractivity contribution in [3.63, 3.8) is 0 Å². The van der Waals surface area contributed by atoms with Gasteiger partial charge in [-0.1, -0.05) is 0 Å². The minimum Gasteiger partial charge on any atom is -0.548 e. The fourth-order valence-electron chi connectivity index (χ4n) is 5.31. The Morgan fingerprint density at radius 3 is 0.469 bits per heavy atom. The standard InChI is InChI=1S/6C5H9NO2.Mo/c6*7-5(8)4-2-1-3-6-4;/h6*4,6H,1-3H2,(H,7,8);/p-6/t6*4-;/m000000./s1. The van der Waals surface area contributed by atoms with E-state index >= 15 is 0 Å². The monoisotopic (exact) mass is 782 g/mol. The zero-order valence-electron chi connectivity index (χ0n) is 27.5. The maximum atomic E-state index is 10.0. The zero-order chi connectivity index (χ0) is 35.9. The maximum Gasteiger partial charge on any atom is 0.0584 e. The van der Waals surface area contributed by atoms with Gasteiger partial charge in [-0.15, -0.1) is 0 Å². The van der Waals surface area contributed by atoms with Gasteiger partial charge < -0.3 is 91.3 Å². The van der Waals surface area contributed by atoms with Crippen LogP contribution in [-0.4, -0.2) is 111 Å². The number of rotatable bonds is 6. The van der Waals surface area contributed by atoms with Crippen molar-refractivity contribution < 1.29 is 80.5 Å².